The smallest absolute Gasteiger partial charge is 0.340 e. The van der Waals surface area contributed by atoms with Gasteiger partial charge in [-0.2, -0.15) is 4.98 Å². The fourth-order valence-electron chi connectivity index (χ4n) is 2.51. The van der Waals surface area contributed by atoms with Crippen molar-refractivity contribution in [3.05, 3.63) is 71.4 Å². The summed E-state index contributed by atoms with van der Waals surface area (Å²) in [6, 6.07) is 12.0. The van der Waals surface area contributed by atoms with Gasteiger partial charge in [0.1, 0.15) is 5.82 Å². The SMILES string of the molecule is CCOC(=O)c1ccccc1Nc1nc(C)cc(Nc2ccc(F)c(F)c2)n1. The molecule has 3 rings (SSSR count). The van der Waals surface area contributed by atoms with Crippen molar-refractivity contribution in [2.24, 2.45) is 0 Å². The second-order valence-corrected chi connectivity index (χ2v) is 5.86. The molecule has 1 heterocycles. The van der Waals surface area contributed by atoms with E-state index >= 15 is 0 Å². The highest BCUT2D eigenvalue weighted by molar-refractivity contribution is 5.96. The number of aryl methyl sites for hydroxylation is 1. The molecular weight excluding hydrogens is 366 g/mol. The summed E-state index contributed by atoms with van der Waals surface area (Å²) in [7, 11) is 0. The Kier molecular flexibility index (Phi) is 5.78. The van der Waals surface area contributed by atoms with Crippen LogP contribution in [0, 0.1) is 18.6 Å². The van der Waals surface area contributed by atoms with Gasteiger partial charge in [0.15, 0.2) is 11.6 Å². The average Bonchev–Trinajstić information content (AvgIpc) is 2.65. The van der Waals surface area contributed by atoms with E-state index < -0.39 is 17.6 Å². The summed E-state index contributed by atoms with van der Waals surface area (Å²) in [5.41, 5.74) is 1.82. The van der Waals surface area contributed by atoms with Gasteiger partial charge in [-0.1, -0.05) is 12.1 Å². The summed E-state index contributed by atoms with van der Waals surface area (Å²) in [5.74, 6) is -1.73. The summed E-state index contributed by atoms with van der Waals surface area (Å²) in [4.78, 5) is 20.7. The highest BCUT2D eigenvalue weighted by Gasteiger charge is 2.13. The number of rotatable bonds is 6. The fraction of sp³-hybridized carbons (Fsp3) is 0.150. The number of hydrogen-bond donors (Lipinski definition) is 2. The molecule has 0 saturated heterocycles. The zero-order chi connectivity index (χ0) is 20.1. The van der Waals surface area contributed by atoms with Crippen LogP contribution in [0.3, 0.4) is 0 Å². The van der Waals surface area contributed by atoms with E-state index in [1.54, 1.807) is 44.2 Å². The fourth-order valence-corrected chi connectivity index (χ4v) is 2.51. The Labute approximate surface area is 160 Å². The zero-order valence-corrected chi connectivity index (χ0v) is 15.3. The Morgan fingerprint density at radius 1 is 1.04 bits per heavy atom. The molecule has 1 aromatic heterocycles. The number of ether oxygens (including phenoxy) is 1. The van der Waals surface area contributed by atoms with E-state index in [4.69, 9.17) is 4.74 Å². The summed E-state index contributed by atoms with van der Waals surface area (Å²) in [6.07, 6.45) is 0. The highest BCUT2D eigenvalue weighted by Crippen LogP contribution is 2.23. The van der Waals surface area contributed by atoms with E-state index in [1.807, 2.05) is 0 Å². The maximum absolute atomic E-state index is 13.4. The summed E-state index contributed by atoms with van der Waals surface area (Å²) in [6.45, 7) is 3.75. The molecule has 3 aromatic rings. The third-order valence-corrected chi connectivity index (χ3v) is 3.72. The number of carbonyl (C=O) groups excluding carboxylic acids is 1. The number of nitrogens with zero attached hydrogens (tertiary/aromatic N) is 2. The molecule has 0 atom stereocenters. The molecule has 0 fully saturated rings. The third-order valence-electron chi connectivity index (χ3n) is 3.72. The predicted octanol–water partition coefficient (Wildman–Crippen LogP) is 4.73. The molecule has 0 aliphatic rings. The maximum atomic E-state index is 13.4. The molecule has 0 unspecified atom stereocenters. The van der Waals surface area contributed by atoms with Gasteiger partial charge in [-0.05, 0) is 38.1 Å². The standard InChI is InChI=1S/C20H18F2N4O2/c1-3-28-19(27)14-6-4-5-7-17(14)25-20-23-12(2)10-18(26-20)24-13-8-9-15(21)16(22)11-13/h4-11H,3H2,1-2H3,(H2,23,24,25,26). The molecule has 8 heteroatoms. The zero-order valence-electron chi connectivity index (χ0n) is 15.3. The molecule has 6 nitrogen and oxygen atoms in total. The van der Waals surface area contributed by atoms with Crippen LogP contribution < -0.4 is 10.6 Å². The number of carbonyl (C=O) groups is 1. The number of para-hydroxylation sites is 1. The molecule has 0 aliphatic carbocycles. The Morgan fingerprint density at radius 3 is 2.57 bits per heavy atom. The van der Waals surface area contributed by atoms with Gasteiger partial charge in [0.2, 0.25) is 5.95 Å². The van der Waals surface area contributed by atoms with Crippen LogP contribution in [0.1, 0.15) is 23.0 Å². The van der Waals surface area contributed by atoms with Crippen molar-refractivity contribution in [3.63, 3.8) is 0 Å². The number of aromatic nitrogens is 2. The van der Waals surface area contributed by atoms with Crippen molar-refractivity contribution in [1.82, 2.24) is 9.97 Å². The van der Waals surface area contributed by atoms with Crippen molar-refractivity contribution in [2.75, 3.05) is 17.2 Å². The Morgan fingerprint density at radius 2 is 1.82 bits per heavy atom. The molecule has 28 heavy (non-hydrogen) atoms. The lowest BCUT2D eigenvalue weighted by atomic mass is 10.2. The van der Waals surface area contributed by atoms with Crippen LogP contribution in [0.25, 0.3) is 0 Å². The maximum Gasteiger partial charge on any atom is 0.340 e. The van der Waals surface area contributed by atoms with Crippen LogP contribution in [0.5, 0.6) is 0 Å². The molecular formula is C20H18F2N4O2. The number of benzene rings is 2. The molecule has 2 N–H and O–H groups in total. The predicted molar refractivity (Wildman–Crippen MR) is 102 cm³/mol. The van der Waals surface area contributed by atoms with Gasteiger partial charge in [-0.25, -0.2) is 18.6 Å². The van der Waals surface area contributed by atoms with Crippen molar-refractivity contribution in [2.45, 2.75) is 13.8 Å². The molecule has 0 amide bonds. The van der Waals surface area contributed by atoms with Crippen molar-refractivity contribution >= 4 is 29.1 Å². The highest BCUT2D eigenvalue weighted by atomic mass is 19.2. The van der Waals surface area contributed by atoms with Crippen molar-refractivity contribution < 1.29 is 18.3 Å². The lowest BCUT2D eigenvalue weighted by Gasteiger charge is -2.12. The van der Waals surface area contributed by atoms with Crippen molar-refractivity contribution in [3.8, 4) is 0 Å². The monoisotopic (exact) mass is 384 g/mol. The van der Waals surface area contributed by atoms with E-state index in [0.29, 0.717) is 28.5 Å². The second-order valence-electron chi connectivity index (χ2n) is 5.86. The van der Waals surface area contributed by atoms with Gasteiger partial charge in [0.05, 0.1) is 17.9 Å². The van der Waals surface area contributed by atoms with Crippen LogP contribution in [-0.4, -0.2) is 22.5 Å². The largest absolute Gasteiger partial charge is 0.462 e. The normalized spacial score (nSPS) is 10.4. The topological polar surface area (TPSA) is 76.1 Å². The molecule has 2 aromatic carbocycles. The van der Waals surface area contributed by atoms with Crippen LogP contribution in [0.15, 0.2) is 48.5 Å². The van der Waals surface area contributed by atoms with E-state index in [0.717, 1.165) is 12.1 Å². The summed E-state index contributed by atoms with van der Waals surface area (Å²) >= 11 is 0. The Bertz CT molecular complexity index is 1010. The van der Waals surface area contributed by atoms with Gasteiger partial charge in [-0.15, -0.1) is 0 Å². The van der Waals surface area contributed by atoms with Gasteiger partial charge in [0, 0.05) is 23.5 Å². The number of esters is 1. The van der Waals surface area contributed by atoms with E-state index in [2.05, 4.69) is 20.6 Å². The third kappa shape index (κ3) is 4.59. The quantitative estimate of drug-likeness (QED) is 0.599. The van der Waals surface area contributed by atoms with Crippen molar-refractivity contribution in [1.29, 1.82) is 0 Å². The minimum absolute atomic E-state index is 0.238. The first-order chi connectivity index (χ1) is 13.5. The molecule has 0 aliphatic heterocycles. The van der Waals surface area contributed by atoms with Crippen LogP contribution in [0.4, 0.5) is 31.9 Å². The Balaban J connectivity index is 1.86. The first-order valence-electron chi connectivity index (χ1n) is 8.57. The molecule has 0 bridgehead atoms. The van der Waals surface area contributed by atoms with Crippen LogP contribution in [0.2, 0.25) is 0 Å². The van der Waals surface area contributed by atoms with Crippen LogP contribution >= 0.6 is 0 Å². The van der Waals surface area contributed by atoms with Crippen LogP contribution in [-0.2, 0) is 4.74 Å². The second kappa shape index (κ2) is 8.43. The average molecular weight is 384 g/mol. The first-order valence-corrected chi connectivity index (χ1v) is 8.57. The lowest BCUT2D eigenvalue weighted by molar-refractivity contribution is 0.0527. The molecule has 0 spiro atoms. The molecule has 0 radical (unpaired) electrons. The number of nitrogens with one attached hydrogen (secondary N) is 2. The number of halogens is 2. The lowest BCUT2D eigenvalue weighted by Crippen LogP contribution is -2.09. The number of anilines is 4. The molecule has 144 valence electrons. The van der Waals surface area contributed by atoms with Gasteiger partial charge in [-0.3, -0.25) is 0 Å². The Hall–Kier alpha value is -3.55. The first kappa shape index (κ1) is 19.2. The van der Waals surface area contributed by atoms with E-state index in [1.165, 1.54) is 6.07 Å². The minimum atomic E-state index is -0.961. The van der Waals surface area contributed by atoms with Gasteiger partial charge >= 0.3 is 5.97 Å². The van der Waals surface area contributed by atoms with Gasteiger partial charge in [0.25, 0.3) is 0 Å². The summed E-state index contributed by atoms with van der Waals surface area (Å²) in [5, 5.41) is 5.91. The summed E-state index contributed by atoms with van der Waals surface area (Å²) < 4.78 is 31.6. The number of hydrogen-bond acceptors (Lipinski definition) is 6. The van der Waals surface area contributed by atoms with E-state index in [9.17, 15) is 13.6 Å². The van der Waals surface area contributed by atoms with E-state index in [-0.39, 0.29) is 12.6 Å². The van der Waals surface area contributed by atoms with Gasteiger partial charge < -0.3 is 15.4 Å². The minimum Gasteiger partial charge on any atom is -0.462 e. The molecule has 0 saturated carbocycles.